The van der Waals surface area contributed by atoms with Crippen LogP contribution in [0.15, 0.2) is 51.9 Å². The Morgan fingerprint density at radius 2 is 2.08 bits per heavy atom. The van der Waals surface area contributed by atoms with Gasteiger partial charge in [-0.15, -0.1) is 0 Å². The summed E-state index contributed by atoms with van der Waals surface area (Å²) in [7, 11) is 1.64. The first kappa shape index (κ1) is 17.0. The van der Waals surface area contributed by atoms with Crippen molar-refractivity contribution in [1.29, 1.82) is 0 Å². The highest BCUT2D eigenvalue weighted by atomic mass is 19.1. The number of nitrogens with zero attached hydrogens (tertiary/aromatic N) is 1. The van der Waals surface area contributed by atoms with Crippen LogP contribution in [0, 0.1) is 12.7 Å². The molecule has 3 rings (SSSR count). The third-order valence-corrected chi connectivity index (χ3v) is 3.97. The van der Waals surface area contributed by atoms with E-state index in [-0.39, 0.29) is 18.3 Å². The third kappa shape index (κ3) is 3.80. The number of para-hydroxylation sites is 1. The third-order valence-electron chi connectivity index (χ3n) is 3.97. The van der Waals surface area contributed by atoms with E-state index in [1.807, 2.05) is 31.2 Å². The van der Waals surface area contributed by atoms with Crippen molar-refractivity contribution < 1.29 is 13.5 Å². The van der Waals surface area contributed by atoms with Gasteiger partial charge in [0.2, 0.25) is 0 Å². The molecule has 0 spiro atoms. The van der Waals surface area contributed by atoms with Crippen LogP contribution in [0.25, 0.3) is 11.0 Å². The lowest BCUT2D eigenvalue weighted by Gasteiger charge is -2.10. The second-order valence-electron chi connectivity index (χ2n) is 5.71. The van der Waals surface area contributed by atoms with Crippen molar-refractivity contribution in [2.45, 2.75) is 20.1 Å². The quantitative estimate of drug-likeness (QED) is 0.544. The maximum atomic E-state index is 13.4. The summed E-state index contributed by atoms with van der Waals surface area (Å²) >= 11 is 0. The topological polar surface area (TPSA) is 72.8 Å². The summed E-state index contributed by atoms with van der Waals surface area (Å²) in [6.45, 7) is 2.63. The number of ether oxygens (including phenoxy) is 1. The van der Waals surface area contributed by atoms with E-state index in [2.05, 4.69) is 10.3 Å². The molecule has 0 aliphatic rings. The van der Waals surface area contributed by atoms with Crippen molar-refractivity contribution in [1.82, 2.24) is 0 Å². The molecular weight excluding hydrogens is 321 g/mol. The van der Waals surface area contributed by atoms with Crippen LogP contribution >= 0.6 is 0 Å². The molecule has 1 aromatic heterocycles. The number of guanidine groups is 1. The minimum absolute atomic E-state index is 0.271. The van der Waals surface area contributed by atoms with E-state index in [1.54, 1.807) is 13.2 Å². The summed E-state index contributed by atoms with van der Waals surface area (Å²) in [5.41, 5.74) is 9.32. The minimum Gasteiger partial charge on any atom is -0.459 e. The lowest BCUT2D eigenvalue weighted by Crippen LogP contribution is -2.23. The Bertz CT molecular complexity index is 918. The van der Waals surface area contributed by atoms with Gasteiger partial charge in [0.25, 0.3) is 0 Å². The molecule has 0 saturated heterocycles. The van der Waals surface area contributed by atoms with Crippen molar-refractivity contribution in [2.24, 2.45) is 10.7 Å². The monoisotopic (exact) mass is 341 g/mol. The molecule has 0 saturated carbocycles. The first-order valence-corrected chi connectivity index (χ1v) is 7.90. The Labute approximate surface area is 145 Å². The molecule has 1 heterocycles. The lowest BCUT2D eigenvalue weighted by molar-refractivity contribution is 0.185. The Morgan fingerprint density at radius 3 is 2.88 bits per heavy atom. The summed E-state index contributed by atoms with van der Waals surface area (Å²) in [5.74, 6) is 0.646. The van der Waals surface area contributed by atoms with Crippen LogP contribution in [0.1, 0.15) is 16.9 Å². The Morgan fingerprint density at radius 1 is 1.28 bits per heavy atom. The molecule has 0 amide bonds. The van der Waals surface area contributed by atoms with Crippen LogP contribution in [0.4, 0.5) is 10.1 Å². The van der Waals surface area contributed by atoms with Crippen LogP contribution in [0.3, 0.4) is 0 Å². The van der Waals surface area contributed by atoms with E-state index in [1.165, 1.54) is 12.1 Å². The van der Waals surface area contributed by atoms with Crippen LogP contribution in [0.5, 0.6) is 0 Å². The molecule has 25 heavy (non-hydrogen) atoms. The molecule has 6 heteroatoms. The molecule has 3 aromatic rings. The summed E-state index contributed by atoms with van der Waals surface area (Å²) in [6.07, 6.45) is 0. The zero-order valence-electron chi connectivity index (χ0n) is 14.2. The first-order valence-electron chi connectivity index (χ1n) is 7.90. The zero-order valence-corrected chi connectivity index (χ0v) is 14.2. The van der Waals surface area contributed by atoms with Crippen molar-refractivity contribution in [3.63, 3.8) is 0 Å². The average Bonchev–Trinajstić information content (AvgIpc) is 2.91. The molecule has 0 aliphatic carbocycles. The highest BCUT2D eigenvalue weighted by molar-refractivity contribution is 5.93. The number of furan rings is 1. The largest absolute Gasteiger partial charge is 0.459 e. The van der Waals surface area contributed by atoms with Crippen LogP contribution in [-0.2, 0) is 17.9 Å². The van der Waals surface area contributed by atoms with Gasteiger partial charge in [-0.2, -0.15) is 0 Å². The second kappa shape index (κ2) is 7.36. The molecule has 0 fully saturated rings. The number of hydrogen-bond acceptors (Lipinski definition) is 3. The van der Waals surface area contributed by atoms with Gasteiger partial charge >= 0.3 is 0 Å². The van der Waals surface area contributed by atoms with Gasteiger partial charge in [-0.3, -0.25) is 0 Å². The van der Waals surface area contributed by atoms with Gasteiger partial charge in [-0.05, 0) is 31.2 Å². The molecule has 3 N–H and O–H groups in total. The maximum Gasteiger partial charge on any atom is 0.193 e. The van der Waals surface area contributed by atoms with Gasteiger partial charge in [0, 0.05) is 29.3 Å². The van der Waals surface area contributed by atoms with E-state index in [4.69, 9.17) is 14.9 Å². The lowest BCUT2D eigenvalue weighted by atomic mass is 10.1. The number of benzene rings is 2. The summed E-state index contributed by atoms with van der Waals surface area (Å²) in [6, 6.07) is 12.2. The van der Waals surface area contributed by atoms with Gasteiger partial charge < -0.3 is 20.2 Å². The number of rotatable bonds is 5. The maximum absolute atomic E-state index is 13.4. The zero-order chi connectivity index (χ0) is 17.8. The van der Waals surface area contributed by atoms with Crippen molar-refractivity contribution in [2.75, 3.05) is 12.4 Å². The van der Waals surface area contributed by atoms with Crippen molar-refractivity contribution in [3.05, 3.63) is 65.2 Å². The van der Waals surface area contributed by atoms with Gasteiger partial charge in [0.05, 0.1) is 6.61 Å². The van der Waals surface area contributed by atoms with E-state index in [0.717, 1.165) is 22.2 Å². The highest BCUT2D eigenvalue weighted by Crippen LogP contribution is 2.26. The van der Waals surface area contributed by atoms with Crippen molar-refractivity contribution in [3.8, 4) is 0 Å². The molecule has 0 bridgehead atoms. The fraction of sp³-hybridized carbons (Fsp3) is 0.211. The number of halogens is 1. The number of nitrogens with two attached hydrogens (primary N) is 1. The fourth-order valence-corrected chi connectivity index (χ4v) is 2.65. The number of hydrogen-bond donors (Lipinski definition) is 2. The summed E-state index contributed by atoms with van der Waals surface area (Å²) < 4.78 is 24.3. The van der Waals surface area contributed by atoms with Gasteiger partial charge in [-0.25, -0.2) is 9.38 Å². The standard InChI is InChI=1S/C19H20FN3O2/c1-12-15-9-14(20)7-8-17(15)25-18(12)10-22-19(21)23-16-6-4-3-5-13(16)11-24-2/h3-9H,10-11H2,1-2H3,(H3,21,22,23). The average molecular weight is 341 g/mol. The van der Waals surface area contributed by atoms with Gasteiger partial charge in [0.1, 0.15) is 23.7 Å². The number of nitrogens with one attached hydrogen (secondary N) is 1. The Kier molecular flexibility index (Phi) is 5.00. The number of anilines is 1. The predicted molar refractivity (Wildman–Crippen MR) is 97.0 cm³/mol. The van der Waals surface area contributed by atoms with Crippen molar-refractivity contribution >= 4 is 22.6 Å². The minimum atomic E-state index is -0.289. The van der Waals surface area contributed by atoms with Crippen LogP contribution in [0.2, 0.25) is 0 Å². The van der Waals surface area contributed by atoms with Gasteiger partial charge in [0.15, 0.2) is 5.96 Å². The Hall–Kier alpha value is -2.86. The SMILES string of the molecule is COCc1ccccc1NC(N)=NCc1oc2ccc(F)cc2c1C. The summed E-state index contributed by atoms with van der Waals surface area (Å²) in [4.78, 5) is 4.32. The normalized spacial score (nSPS) is 11.9. The molecule has 2 aromatic carbocycles. The van der Waals surface area contributed by atoms with E-state index < -0.39 is 0 Å². The van der Waals surface area contributed by atoms with E-state index >= 15 is 0 Å². The summed E-state index contributed by atoms with van der Waals surface area (Å²) in [5, 5.41) is 3.83. The fourth-order valence-electron chi connectivity index (χ4n) is 2.65. The number of aryl methyl sites for hydroxylation is 1. The number of aliphatic imine (C=N–C) groups is 1. The molecule has 5 nitrogen and oxygen atoms in total. The molecule has 0 radical (unpaired) electrons. The highest BCUT2D eigenvalue weighted by Gasteiger charge is 2.11. The smallest absolute Gasteiger partial charge is 0.193 e. The van der Waals surface area contributed by atoms with Crippen LogP contribution in [-0.4, -0.2) is 13.1 Å². The Balaban J connectivity index is 1.77. The van der Waals surface area contributed by atoms with Crippen LogP contribution < -0.4 is 11.1 Å². The molecule has 130 valence electrons. The van der Waals surface area contributed by atoms with Gasteiger partial charge in [-0.1, -0.05) is 18.2 Å². The predicted octanol–water partition coefficient (Wildman–Crippen LogP) is 3.95. The molecular formula is C19H20FN3O2. The number of fused-ring (bicyclic) bond motifs is 1. The molecule has 0 aliphatic heterocycles. The number of methoxy groups -OCH3 is 1. The molecule has 0 unspecified atom stereocenters. The molecule has 0 atom stereocenters. The van der Waals surface area contributed by atoms with E-state index in [9.17, 15) is 4.39 Å². The second-order valence-corrected chi connectivity index (χ2v) is 5.71. The first-order chi connectivity index (χ1) is 12.1. The van der Waals surface area contributed by atoms with E-state index in [0.29, 0.717) is 18.0 Å².